The summed E-state index contributed by atoms with van der Waals surface area (Å²) in [5.74, 6) is 0. The Hall–Kier alpha value is -1.09. The molecule has 0 saturated carbocycles. The molecule has 1 heterocycles. The molecule has 0 aliphatic carbocycles. The average Bonchev–Trinajstić information content (AvgIpc) is 2.36. The molecule has 1 atom stereocenters. The Labute approximate surface area is 112 Å². The molecule has 1 unspecified atom stereocenters. The van der Waals surface area contributed by atoms with Gasteiger partial charge in [-0.25, -0.2) is 0 Å². The molecule has 0 aromatic carbocycles. The highest BCUT2D eigenvalue weighted by Crippen LogP contribution is 2.21. The summed E-state index contributed by atoms with van der Waals surface area (Å²) in [7, 11) is 2.16. The van der Waals surface area contributed by atoms with E-state index in [2.05, 4.69) is 56.0 Å². The number of nitrogens with one attached hydrogen (secondary N) is 1. The Balaban J connectivity index is 2.80. The lowest BCUT2D eigenvalue weighted by Gasteiger charge is -2.28. The van der Waals surface area contributed by atoms with Crippen LogP contribution in [0.5, 0.6) is 0 Å². The van der Waals surface area contributed by atoms with Gasteiger partial charge < -0.3 is 10.2 Å². The molecule has 0 saturated heterocycles. The lowest BCUT2D eigenvalue weighted by atomic mass is 10.1. The normalized spacial score (nSPS) is 12.8. The van der Waals surface area contributed by atoms with Gasteiger partial charge in [-0.3, -0.25) is 4.98 Å². The molecular formula is C15H27N3. The Kier molecular flexibility index (Phi) is 6.13. The largest absolute Gasteiger partial charge is 0.370 e. The van der Waals surface area contributed by atoms with Crippen molar-refractivity contribution < 1.29 is 0 Å². The van der Waals surface area contributed by atoms with Crippen LogP contribution >= 0.6 is 0 Å². The van der Waals surface area contributed by atoms with Crippen molar-refractivity contribution in [3.63, 3.8) is 0 Å². The maximum absolute atomic E-state index is 4.27. The van der Waals surface area contributed by atoms with Crippen LogP contribution < -0.4 is 10.2 Å². The van der Waals surface area contributed by atoms with Gasteiger partial charge in [0.1, 0.15) is 0 Å². The van der Waals surface area contributed by atoms with Gasteiger partial charge in [-0.2, -0.15) is 0 Å². The van der Waals surface area contributed by atoms with E-state index in [-0.39, 0.29) is 0 Å². The van der Waals surface area contributed by atoms with E-state index in [0.717, 1.165) is 6.54 Å². The number of nitrogens with zero attached hydrogens (tertiary/aromatic N) is 2. The molecule has 3 heteroatoms. The third-order valence-electron chi connectivity index (χ3n) is 3.34. The van der Waals surface area contributed by atoms with Gasteiger partial charge in [-0.1, -0.05) is 27.2 Å². The van der Waals surface area contributed by atoms with Crippen LogP contribution in [0.25, 0.3) is 0 Å². The molecule has 0 radical (unpaired) electrons. The zero-order valence-electron chi connectivity index (χ0n) is 12.4. The molecule has 1 aromatic heterocycles. The second-order valence-corrected chi connectivity index (χ2v) is 5.29. The molecule has 0 aliphatic heterocycles. The fourth-order valence-corrected chi connectivity index (χ4v) is 2.04. The molecule has 0 fully saturated rings. The van der Waals surface area contributed by atoms with Gasteiger partial charge in [-0.05, 0) is 25.0 Å². The standard InChI is InChI=1S/C15H27N3/c1-6-7-13(4)18(5)15-11-16-9-8-14(15)10-17-12(2)3/h8-9,11-13,17H,6-7,10H2,1-5H3. The van der Waals surface area contributed by atoms with Crippen molar-refractivity contribution in [1.82, 2.24) is 10.3 Å². The van der Waals surface area contributed by atoms with Gasteiger partial charge >= 0.3 is 0 Å². The zero-order valence-corrected chi connectivity index (χ0v) is 12.4. The fourth-order valence-electron chi connectivity index (χ4n) is 2.04. The highest BCUT2D eigenvalue weighted by Gasteiger charge is 2.13. The van der Waals surface area contributed by atoms with Crippen LogP contribution in [0.4, 0.5) is 5.69 Å². The predicted octanol–water partition coefficient (Wildman–Crippen LogP) is 3.20. The second kappa shape index (κ2) is 7.37. The minimum absolute atomic E-state index is 0.504. The average molecular weight is 249 g/mol. The van der Waals surface area contributed by atoms with Crippen LogP contribution in [0.15, 0.2) is 18.5 Å². The molecule has 18 heavy (non-hydrogen) atoms. The van der Waals surface area contributed by atoms with Crippen molar-refractivity contribution in [3.8, 4) is 0 Å². The van der Waals surface area contributed by atoms with Crippen molar-refractivity contribution in [2.45, 2.75) is 59.2 Å². The molecule has 0 amide bonds. The number of hydrogen-bond donors (Lipinski definition) is 1. The van der Waals surface area contributed by atoms with Gasteiger partial charge in [0.15, 0.2) is 0 Å². The van der Waals surface area contributed by atoms with E-state index < -0.39 is 0 Å². The first-order valence-electron chi connectivity index (χ1n) is 6.95. The fraction of sp³-hybridized carbons (Fsp3) is 0.667. The summed E-state index contributed by atoms with van der Waals surface area (Å²) in [5, 5.41) is 3.47. The summed E-state index contributed by atoms with van der Waals surface area (Å²) in [6.07, 6.45) is 6.27. The monoisotopic (exact) mass is 249 g/mol. The molecule has 3 nitrogen and oxygen atoms in total. The summed E-state index contributed by atoms with van der Waals surface area (Å²) in [5.41, 5.74) is 2.57. The van der Waals surface area contributed by atoms with Crippen molar-refractivity contribution >= 4 is 5.69 Å². The van der Waals surface area contributed by atoms with Gasteiger partial charge in [0, 0.05) is 31.9 Å². The molecule has 1 rings (SSSR count). The molecule has 102 valence electrons. The van der Waals surface area contributed by atoms with E-state index in [0.29, 0.717) is 12.1 Å². The van der Waals surface area contributed by atoms with E-state index in [1.54, 1.807) is 0 Å². The van der Waals surface area contributed by atoms with E-state index >= 15 is 0 Å². The Morgan fingerprint density at radius 2 is 2.06 bits per heavy atom. The highest BCUT2D eigenvalue weighted by molar-refractivity contribution is 5.51. The van der Waals surface area contributed by atoms with Crippen LogP contribution in [0.2, 0.25) is 0 Å². The van der Waals surface area contributed by atoms with E-state index in [1.165, 1.54) is 24.1 Å². The van der Waals surface area contributed by atoms with Crippen molar-refractivity contribution in [3.05, 3.63) is 24.0 Å². The van der Waals surface area contributed by atoms with E-state index in [9.17, 15) is 0 Å². The number of pyridine rings is 1. The highest BCUT2D eigenvalue weighted by atomic mass is 15.1. The van der Waals surface area contributed by atoms with Crippen molar-refractivity contribution in [1.29, 1.82) is 0 Å². The molecule has 1 aromatic rings. The van der Waals surface area contributed by atoms with Gasteiger partial charge in [0.05, 0.1) is 11.9 Å². The SMILES string of the molecule is CCCC(C)N(C)c1cnccc1CNC(C)C. The van der Waals surface area contributed by atoms with Gasteiger partial charge in [0.2, 0.25) is 0 Å². The number of anilines is 1. The minimum Gasteiger partial charge on any atom is -0.370 e. The first-order valence-corrected chi connectivity index (χ1v) is 6.95. The number of hydrogen-bond acceptors (Lipinski definition) is 3. The lowest BCUT2D eigenvalue weighted by Crippen LogP contribution is -2.31. The van der Waals surface area contributed by atoms with Crippen LogP contribution in [0.1, 0.15) is 46.1 Å². The minimum atomic E-state index is 0.504. The third-order valence-corrected chi connectivity index (χ3v) is 3.34. The van der Waals surface area contributed by atoms with Crippen LogP contribution in [0, 0.1) is 0 Å². The predicted molar refractivity (Wildman–Crippen MR) is 79.0 cm³/mol. The molecular weight excluding hydrogens is 222 g/mol. The first-order chi connectivity index (χ1) is 8.56. The summed E-state index contributed by atoms with van der Waals surface area (Å²) in [6.45, 7) is 9.75. The van der Waals surface area contributed by atoms with Crippen molar-refractivity contribution in [2.24, 2.45) is 0 Å². The van der Waals surface area contributed by atoms with Crippen LogP contribution in [0.3, 0.4) is 0 Å². The van der Waals surface area contributed by atoms with E-state index in [4.69, 9.17) is 0 Å². The Morgan fingerprint density at radius 1 is 1.33 bits per heavy atom. The third kappa shape index (κ3) is 4.30. The topological polar surface area (TPSA) is 28.2 Å². The van der Waals surface area contributed by atoms with E-state index in [1.807, 2.05) is 12.4 Å². The maximum atomic E-state index is 4.27. The number of rotatable bonds is 7. The zero-order chi connectivity index (χ0) is 13.5. The smallest absolute Gasteiger partial charge is 0.0598 e. The summed E-state index contributed by atoms with van der Waals surface area (Å²) in [6, 6.07) is 3.17. The van der Waals surface area contributed by atoms with Gasteiger partial charge in [-0.15, -0.1) is 0 Å². The summed E-state index contributed by atoms with van der Waals surface area (Å²) < 4.78 is 0. The molecule has 0 spiro atoms. The number of aromatic nitrogens is 1. The molecule has 0 bridgehead atoms. The molecule has 0 aliphatic rings. The van der Waals surface area contributed by atoms with Crippen LogP contribution in [-0.2, 0) is 6.54 Å². The van der Waals surface area contributed by atoms with Gasteiger partial charge in [0.25, 0.3) is 0 Å². The Bertz CT molecular complexity index is 349. The lowest BCUT2D eigenvalue weighted by molar-refractivity contribution is 0.581. The quantitative estimate of drug-likeness (QED) is 0.804. The molecule has 1 N–H and O–H groups in total. The van der Waals surface area contributed by atoms with Crippen LogP contribution in [-0.4, -0.2) is 24.1 Å². The maximum Gasteiger partial charge on any atom is 0.0598 e. The van der Waals surface area contributed by atoms with Crippen molar-refractivity contribution in [2.75, 3.05) is 11.9 Å². The summed E-state index contributed by atoms with van der Waals surface area (Å²) in [4.78, 5) is 6.61. The summed E-state index contributed by atoms with van der Waals surface area (Å²) >= 11 is 0. The Morgan fingerprint density at radius 3 is 2.67 bits per heavy atom. The second-order valence-electron chi connectivity index (χ2n) is 5.29. The first kappa shape index (κ1) is 15.0.